The van der Waals surface area contributed by atoms with Crippen LogP contribution in [0.4, 0.5) is 18.9 Å². The molecule has 0 radical (unpaired) electrons. The number of nitrogens with one attached hydrogen (secondary N) is 1. The monoisotopic (exact) mass is 316 g/mol. The second kappa shape index (κ2) is 4.83. The number of nitrogens with two attached hydrogens (primary N) is 1. The average Bonchev–Trinajstić information content (AvgIpc) is 3.16. The van der Waals surface area contributed by atoms with Gasteiger partial charge < -0.3 is 5.73 Å². The number of benzene rings is 1. The number of aromatic nitrogens is 3. The van der Waals surface area contributed by atoms with Crippen LogP contribution >= 0.6 is 11.8 Å². The Hall–Kier alpha value is -1.90. The number of aromatic amines is 1. The molecule has 5 nitrogen and oxygen atoms in total. The molecular formula is C12H11F3N4OS. The van der Waals surface area contributed by atoms with Crippen molar-refractivity contribution in [3.05, 3.63) is 34.2 Å². The van der Waals surface area contributed by atoms with Crippen LogP contribution < -0.4 is 11.4 Å². The molecule has 1 saturated carbocycles. The number of hydrogen-bond donors (Lipinski definition) is 2. The van der Waals surface area contributed by atoms with Crippen molar-refractivity contribution in [1.29, 1.82) is 0 Å². The van der Waals surface area contributed by atoms with Gasteiger partial charge in [0.05, 0.1) is 5.56 Å². The number of hydrogen-bond acceptors (Lipinski definition) is 4. The normalized spacial score (nSPS) is 15.4. The first-order valence-electron chi connectivity index (χ1n) is 6.18. The van der Waals surface area contributed by atoms with E-state index in [1.807, 2.05) is 0 Å². The molecular weight excluding hydrogens is 305 g/mol. The van der Waals surface area contributed by atoms with Crippen molar-refractivity contribution in [2.24, 2.45) is 0 Å². The van der Waals surface area contributed by atoms with Gasteiger partial charge in [-0.15, -0.1) is 5.10 Å². The van der Waals surface area contributed by atoms with Crippen LogP contribution in [0, 0.1) is 0 Å². The number of anilines is 1. The summed E-state index contributed by atoms with van der Waals surface area (Å²) in [5.74, 6) is 0. The molecule has 1 fully saturated rings. The molecule has 3 rings (SSSR count). The third-order valence-corrected chi connectivity index (χ3v) is 4.08. The van der Waals surface area contributed by atoms with Gasteiger partial charge in [-0.05, 0) is 42.8 Å². The standard InChI is InChI=1S/C12H11F3N4OS/c13-12(14,15)8-5-7(3-4-9(8)16)21-11-18-17-10(20)19(11)6-1-2-6/h3-6H,1-2,16H2,(H,17,20). The first-order chi connectivity index (χ1) is 9.86. The number of H-pyrrole nitrogens is 1. The van der Waals surface area contributed by atoms with E-state index >= 15 is 0 Å². The maximum atomic E-state index is 12.8. The lowest BCUT2D eigenvalue weighted by Crippen LogP contribution is -2.16. The third-order valence-electron chi connectivity index (χ3n) is 3.12. The summed E-state index contributed by atoms with van der Waals surface area (Å²) in [6.07, 6.45) is -2.76. The molecule has 1 aliphatic rings. The molecule has 0 spiro atoms. The van der Waals surface area contributed by atoms with Crippen LogP contribution in [0.3, 0.4) is 0 Å². The van der Waals surface area contributed by atoms with E-state index in [0.29, 0.717) is 10.1 Å². The van der Waals surface area contributed by atoms with Gasteiger partial charge in [0.25, 0.3) is 0 Å². The van der Waals surface area contributed by atoms with Crippen molar-refractivity contribution in [1.82, 2.24) is 14.8 Å². The van der Waals surface area contributed by atoms with E-state index in [4.69, 9.17) is 5.73 Å². The van der Waals surface area contributed by atoms with Crippen LogP contribution in [-0.4, -0.2) is 14.8 Å². The summed E-state index contributed by atoms with van der Waals surface area (Å²) in [6.45, 7) is 0. The van der Waals surface area contributed by atoms with E-state index in [2.05, 4.69) is 10.2 Å². The van der Waals surface area contributed by atoms with Gasteiger partial charge in [-0.2, -0.15) is 13.2 Å². The molecule has 3 N–H and O–H groups in total. The van der Waals surface area contributed by atoms with Gasteiger partial charge in [0, 0.05) is 16.6 Å². The maximum absolute atomic E-state index is 12.8. The Labute approximate surface area is 121 Å². The minimum Gasteiger partial charge on any atom is -0.398 e. The summed E-state index contributed by atoms with van der Waals surface area (Å²) in [5.41, 5.74) is 3.80. The fourth-order valence-electron chi connectivity index (χ4n) is 1.97. The Balaban J connectivity index is 1.94. The Morgan fingerprint density at radius 1 is 1.38 bits per heavy atom. The molecule has 112 valence electrons. The SMILES string of the molecule is Nc1ccc(Sc2n[nH]c(=O)n2C2CC2)cc1C(F)(F)F. The first kappa shape index (κ1) is 14.1. The zero-order valence-electron chi connectivity index (χ0n) is 10.6. The third kappa shape index (κ3) is 2.78. The van der Waals surface area contributed by atoms with Crippen molar-refractivity contribution >= 4 is 17.4 Å². The molecule has 1 heterocycles. The van der Waals surface area contributed by atoms with Gasteiger partial charge in [0.15, 0.2) is 5.16 Å². The number of rotatable bonds is 3. The topological polar surface area (TPSA) is 76.7 Å². The second-order valence-electron chi connectivity index (χ2n) is 4.76. The molecule has 2 aromatic rings. The van der Waals surface area contributed by atoms with Crippen LogP contribution in [0.25, 0.3) is 0 Å². The van der Waals surface area contributed by atoms with Gasteiger partial charge in [-0.3, -0.25) is 4.57 Å². The Kier molecular flexibility index (Phi) is 3.23. The molecule has 9 heteroatoms. The average molecular weight is 316 g/mol. The highest BCUT2D eigenvalue weighted by Crippen LogP contribution is 2.40. The minimum absolute atomic E-state index is 0.0922. The highest BCUT2D eigenvalue weighted by molar-refractivity contribution is 7.99. The number of nitrogen functional groups attached to an aromatic ring is 1. The maximum Gasteiger partial charge on any atom is 0.418 e. The van der Waals surface area contributed by atoms with Crippen LogP contribution in [0.2, 0.25) is 0 Å². The summed E-state index contributed by atoms with van der Waals surface area (Å²) in [7, 11) is 0. The smallest absolute Gasteiger partial charge is 0.398 e. The first-order valence-corrected chi connectivity index (χ1v) is 6.99. The fourth-order valence-corrected chi connectivity index (χ4v) is 2.91. The molecule has 21 heavy (non-hydrogen) atoms. The summed E-state index contributed by atoms with van der Waals surface area (Å²) >= 11 is 1.01. The summed E-state index contributed by atoms with van der Waals surface area (Å²) in [4.78, 5) is 12.0. The molecule has 0 aliphatic heterocycles. The van der Waals surface area contributed by atoms with Crippen molar-refractivity contribution < 1.29 is 13.2 Å². The highest BCUT2D eigenvalue weighted by atomic mass is 32.2. The van der Waals surface area contributed by atoms with E-state index in [-0.39, 0.29) is 17.4 Å². The van der Waals surface area contributed by atoms with Crippen LogP contribution in [0.15, 0.2) is 33.0 Å². The fraction of sp³-hybridized carbons (Fsp3) is 0.333. The van der Waals surface area contributed by atoms with E-state index in [1.54, 1.807) is 0 Å². The lowest BCUT2D eigenvalue weighted by Gasteiger charge is -2.11. The van der Waals surface area contributed by atoms with Gasteiger partial charge in [0.2, 0.25) is 0 Å². The van der Waals surface area contributed by atoms with Crippen LogP contribution in [-0.2, 0) is 6.18 Å². The van der Waals surface area contributed by atoms with Gasteiger partial charge in [0.1, 0.15) is 0 Å². The van der Waals surface area contributed by atoms with Gasteiger partial charge >= 0.3 is 11.9 Å². The predicted octanol–water partition coefficient (Wildman–Crippen LogP) is 2.66. The van der Waals surface area contributed by atoms with E-state index in [0.717, 1.165) is 30.7 Å². The molecule has 0 unspecified atom stereocenters. The largest absolute Gasteiger partial charge is 0.418 e. The summed E-state index contributed by atoms with van der Waals surface area (Å²) < 4.78 is 39.9. The lowest BCUT2D eigenvalue weighted by molar-refractivity contribution is -0.137. The zero-order valence-corrected chi connectivity index (χ0v) is 11.5. The van der Waals surface area contributed by atoms with Crippen molar-refractivity contribution in [3.63, 3.8) is 0 Å². The second-order valence-corrected chi connectivity index (χ2v) is 5.80. The molecule has 1 aromatic carbocycles. The number of nitrogens with zero attached hydrogens (tertiary/aromatic N) is 2. The van der Waals surface area contributed by atoms with Crippen LogP contribution in [0.1, 0.15) is 24.4 Å². The van der Waals surface area contributed by atoms with E-state index < -0.39 is 11.7 Å². The molecule has 0 amide bonds. The minimum atomic E-state index is -4.51. The number of alkyl halides is 3. The molecule has 0 saturated heterocycles. The van der Waals surface area contributed by atoms with E-state index in [1.165, 1.54) is 16.7 Å². The Bertz CT molecular complexity index is 733. The number of halogens is 3. The highest BCUT2D eigenvalue weighted by Gasteiger charge is 2.33. The van der Waals surface area contributed by atoms with Gasteiger partial charge in [-0.25, -0.2) is 9.89 Å². The molecule has 1 aliphatic carbocycles. The summed E-state index contributed by atoms with van der Waals surface area (Å²) in [5, 5.41) is 6.55. The quantitative estimate of drug-likeness (QED) is 0.854. The Morgan fingerprint density at radius 3 is 2.71 bits per heavy atom. The summed E-state index contributed by atoms with van der Waals surface area (Å²) in [6, 6.07) is 3.74. The molecule has 1 aromatic heterocycles. The van der Waals surface area contributed by atoms with Gasteiger partial charge in [-0.1, -0.05) is 0 Å². The molecule has 0 bridgehead atoms. The van der Waals surface area contributed by atoms with Crippen LogP contribution in [0.5, 0.6) is 0 Å². The van der Waals surface area contributed by atoms with Crippen molar-refractivity contribution in [2.75, 3.05) is 5.73 Å². The zero-order chi connectivity index (χ0) is 15.2. The van der Waals surface area contributed by atoms with E-state index in [9.17, 15) is 18.0 Å². The lowest BCUT2D eigenvalue weighted by atomic mass is 10.2. The molecule has 0 atom stereocenters. The van der Waals surface area contributed by atoms with Crippen molar-refractivity contribution in [2.45, 2.75) is 35.1 Å². The predicted molar refractivity (Wildman–Crippen MR) is 71.1 cm³/mol. The van der Waals surface area contributed by atoms with Crippen molar-refractivity contribution in [3.8, 4) is 0 Å². The Morgan fingerprint density at radius 2 is 2.10 bits per heavy atom.